The molecule has 1 saturated heterocycles. The van der Waals surface area contributed by atoms with Gasteiger partial charge in [-0.25, -0.2) is 4.79 Å². The molecule has 0 spiro atoms. The summed E-state index contributed by atoms with van der Waals surface area (Å²) >= 11 is 11.9. The van der Waals surface area contributed by atoms with Gasteiger partial charge in [0.15, 0.2) is 0 Å². The summed E-state index contributed by atoms with van der Waals surface area (Å²) < 4.78 is 5.56. The number of amides is 1. The van der Waals surface area contributed by atoms with Crippen molar-refractivity contribution in [1.29, 1.82) is 0 Å². The number of nitrogens with zero attached hydrogens (tertiary/aromatic N) is 1. The number of halogens is 2. The Morgan fingerprint density at radius 1 is 0.960 bits per heavy atom. The highest BCUT2D eigenvalue weighted by Gasteiger charge is 2.31. The number of esters is 1. The van der Waals surface area contributed by atoms with E-state index in [1.165, 1.54) is 18.2 Å². The number of ether oxygens (including phenoxy) is 1. The highest BCUT2D eigenvalue weighted by molar-refractivity contribution is 6.35. The molecule has 0 radical (unpaired) electrons. The molecule has 6 heteroatoms. The first-order chi connectivity index (χ1) is 12.0. The number of hydrogen-bond acceptors (Lipinski definition) is 3. The van der Waals surface area contributed by atoms with Gasteiger partial charge in [-0.05, 0) is 31.0 Å². The van der Waals surface area contributed by atoms with E-state index < -0.39 is 12.1 Å². The number of hydrogen-bond donors (Lipinski definition) is 0. The fraction of sp³-hybridized carbons (Fsp3) is 0.263. The van der Waals surface area contributed by atoms with Crippen LogP contribution in [0.2, 0.25) is 10.0 Å². The lowest BCUT2D eigenvalue weighted by molar-refractivity contribution is -0.140. The van der Waals surface area contributed by atoms with Crippen LogP contribution in [-0.4, -0.2) is 29.9 Å². The smallest absolute Gasteiger partial charge is 0.339 e. The molecule has 1 atom stereocenters. The molecule has 130 valence electrons. The summed E-state index contributed by atoms with van der Waals surface area (Å²) in [5.74, 6) is -0.837. The van der Waals surface area contributed by atoms with Gasteiger partial charge in [-0.3, -0.25) is 4.79 Å². The van der Waals surface area contributed by atoms with Crippen LogP contribution in [0.15, 0.2) is 48.5 Å². The first-order valence-electron chi connectivity index (χ1n) is 8.05. The second kappa shape index (κ2) is 7.89. The van der Waals surface area contributed by atoms with E-state index in [4.69, 9.17) is 27.9 Å². The Morgan fingerprint density at radius 3 is 2.16 bits per heavy atom. The van der Waals surface area contributed by atoms with E-state index in [1.54, 1.807) is 17.0 Å². The average molecular weight is 378 g/mol. The lowest BCUT2D eigenvalue weighted by Gasteiger charge is -2.23. The van der Waals surface area contributed by atoms with Crippen LogP contribution in [0.1, 0.15) is 34.9 Å². The largest absolute Gasteiger partial charge is 0.444 e. The second-order valence-corrected chi connectivity index (χ2v) is 6.76. The van der Waals surface area contributed by atoms with Crippen molar-refractivity contribution in [2.75, 3.05) is 13.1 Å². The molecular formula is C19H17Cl2NO3. The Hall–Kier alpha value is -2.04. The molecule has 0 N–H and O–H groups in total. The van der Waals surface area contributed by atoms with Gasteiger partial charge >= 0.3 is 5.97 Å². The molecule has 1 heterocycles. The summed E-state index contributed by atoms with van der Waals surface area (Å²) in [5, 5.41) is 0.670. The van der Waals surface area contributed by atoms with Crippen LogP contribution in [0.5, 0.6) is 0 Å². The monoisotopic (exact) mass is 377 g/mol. The number of likely N-dealkylation sites (tertiary alicyclic amines) is 1. The molecule has 1 aliphatic heterocycles. The third kappa shape index (κ3) is 4.33. The zero-order valence-electron chi connectivity index (χ0n) is 13.5. The zero-order valence-corrected chi connectivity index (χ0v) is 15.0. The van der Waals surface area contributed by atoms with Crippen LogP contribution in [0.4, 0.5) is 0 Å². The molecule has 0 saturated carbocycles. The Labute approximate surface area is 156 Å². The minimum Gasteiger partial charge on any atom is -0.444 e. The predicted octanol–water partition coefficient (Wildman–Crippen LogP) is 4.51. The third-order valence-corrected chi connectivity index (χ3v) is 4.50. The van der Waals surface area contributed by atoms with E-state index in [-0.39, 0.29) is 11.5 Å². The van der Waals surface area contributed by atoms with Gasteiger partial charge in [-0.1, -0.05) is 53.5 Å². The van der Waals surface area contributed by atoms with Crippen molar-refractivity contribution < 1.29 is 14.3 Å². The van der Waals surface area contributed by atoms with Crippen LogP contribution in [0, 0.1) is 0 Å². The topological polar surface area (TPSA) is 46.6 Å². The molecule has 0 unspecified atom stereocenters. The molecule has 25 heavy (non-hydrogen) atoms. The first kappa shape index (κ1) is 17.8. The van der Waals surface area contributed by atoms with E-state index in [0.717, 1.165) is 12.8 Å². The maximum Gasteiger partial charge on any atom is 0.339 e. The number of carbonyl (C=O) groups excluding carboxylic acids is 2. The Bertz CT molecular complexity index is 753. The van der Waals surface area contributed by atoms with E-state index in [2.05, 4.69) is 0 Å². The number of benzene rings is 2. The van der Waals surface area contributed by atoms with Gasteiger partial charge in [-0.15, -0.1) is 0 Å². The van der Waals surface area contributed by atoms with Crippen molar-refractivity contribution in [1.82, 2.24) is 4.90 Å². The van der Waals surface area contributed by atoms with E-state index in [0.29, 0.717) is 28.7 Å². The summed E-state index contributed by atoms with van der Waals surface area (Å²) in [6.07, 6.45) is 0.945. The Balaban J connectivity index is 1.86. The standard InChI is InChI=1S/C19H17Cl2NO3/c20-15-10-14(11-16(21)12-15)19(24)25-17(13-6-2-1-3-7-13)18(23)22-8-4-5-9-22/h1-3,6-7,10-12,17H,4-5,8-9H2/t17-/m0/s1. The maximum atomic E-state index is 12.8. The van der Waals surface area contributed by atoms with Crippen LogP contribution >= 0.6 is 23.2 Å². The molecule has 2 aromatic rings. The van der Waals surface area contributed by atoms with Gasteiger partial charge in [0.1, 0.15) is 0 Å². The quantitative estimate of drug-likeness (QED) is 0.736. The SMILES string of the molecule is O=C(O[C@H](C(=O)N1CCCC1)c1ccccc1)c1cc(Cl)cc(Cl)c1. The summed E-state index contributed by atoms with van der Waals surface area (Å²) in [6, 6.07) is 13.5. The van der Waals surface area contributed by atoms with Gasteiger partial charge < -0.3 is 9.64 Å². The molecule has 4 nitrogen and oxygen atoms in total. The molecule has 2 aromatic carbocycles. The Morgan fingerprint density at radius 2 is 1.56 bits per heavy atom. The normalized spacial score (nSPS) is 15.0. The average Bonchev–Trinajstić information content (AvgIpc) is 3.13. The first-order valence-corrected chi connectivity index (χ1v) is 8.81. The maximum absolute atomic E-state index is 12.8. The van der Waals surface area contributed by atoms with Gasteiger partial charge in [0, 0.05) is 28.7 Å². The molecule has 1 fully saturated rings. The zero-order chi connectivity index (χ0) is 17.8. The van der Waals surface area contributed by atoms with Crippen LogP contribution in [0.25, 0.3) is 0 Å². The van der Waals surface area contributed by atoms with E-state index >= 15 is 0 Å². The fourth-order valence-corrected chi connectivity index (χ4v) is 3.37. The number of carbonyl (C=O) groups is 2. The van der Waals surface area contributed by atoms with Crippen molar-refractivity contribution in [2.45, 2.75) is 18.9 Å². The van der Waals surface area contributed by atoms with Crippen LogP contribution in [-0.2, 0) is 9.53 Å². The molecule has 0 bridgehead atoms. The summed E-state index contributed by atoms with van der Waals surface area (Å²) in [5.41, 5.74) is 0.855. The van der Waals surface area contributed by atoms with Crippen LogP contribution in [0.3, 0.4) is 0 Å². The summed E-state index contributed by atoms with van der Waals surface area (Å²) in [7, 11) is 0. The molecule has 0 aromatic heterocycles. The minimum atomic E-state index is -0.982. The fourth-order valence-electron chi connectivity index (χ4n) is 2.84. The highest BCUT2D eigenvalue weighted by atomic mass is 35.5. The lowest BCUT2D eigenvalue weighted by atomic mass is 10.1. The minimum absolute atomic E-state index is 0.204. The van der Waals surface area contributed by atoms with Crippen LogP contribution < -0.4 is 0 Å². The summed E-state index contributed by atoms with van der Waals surface area (Å²) in [4.78, 5) is 27.1. The predicted molar refractivity (Wildman–Crippen MR) is 96.9 cm³/mol. The molecule has 0 aliphatic carbocycles. The lowest BCUT2D eigenvalue weighted by Crippen LogP contribution is -2.34. The molecular weight excluding hydrogens is 361 g/mol. The van der Waals surface area contributed by atoms with E-state index in [1.807, 2.05) is 18.2 Å². The molecule has 1 amide bonds. The molecule has 1 aliphatic rings. The van der Waals surface area contributed by atoms with E-state index in [9.17, 15) is 9.59 Å². The van der Waals surface area contributed by atoms with Crippen molar-refractivity contribution in [3.63, 3.8) is 0 Å². The van der Waals surface area contributed by atoms with Crippen molar-refractivity contribution in [3.05, 3.63) is 69.7 Å². The Kier molecular flexibility index (Phi) is 5.61. The van der Waals surface area contributed by atoms with Gasteiger partial charge in [0.05, 0.1) is 5.56 Å². The number of rotatable bonds is 4. The molecule has 3 rings (SSSR count). The highest BCUT2D eigenvalue weighted by Crippen LogP contribution is 2.26. The van der Waals surface area contributed by atoms with Crippen molar-refractivity contribution in [3.8, 4) is 0 Å². The van der Waals surface area contributed by atoms with Crippen molar-refractivity contribution in [2.24, 2.45) is 0 Å². The van der Waals surface area contributed by atoms with Gasteiger partial charge in [0.25, 0.3) is 5.91 Å². The van der Waals surface area contributed by atoms with Gasteiger partial charge in [0.2, 0.25) is 6.10 Å². The second-order valence-electron chi connectivity index (χ2n) is 5.89. The van der Waals surface area contributed by atoms with Gasteiger partial charge in [-0.2, -0.15) is 0 Å². The third-order valence-electron chi connectivity index (χ3n) is 4.07. The van der Waals surface area contributed by atoms with Crippen molar-refractivity contribution >= 4 is 35.1 Å². The summed E-state index contributed by atoms with van der Waals surface area (Å²) in [6.45, 7) is 1.37.